The second-order valence-corrected chi connectivity index (χ2v) is 8.82. The first-order chi connectivity index (χ1) is 13.9. The van der Waals surface area contributed by atoms with Gasteiger partial charge in [0.1, 0.15) is 23.2 Å². The Morgan fingerprint density at radius 2 is 2.00 bits per heavy atom. The summed E-state index contributed by atoms with van der Waals surface area (Å²) in [5, 5.41) is 37.5. The first kappa shape index (κ1) is 23.9. The molecule has 0 spiro atoms. The third-order valence-electron chi connectivity index (χ3n) is 4.40. The molecule has 14 heteroatoms. The van der Waals surface area contributed by atoms with Crippen LogP contribution in [0.25, 0.3) is 0 Å². The third kappa shape index (κ3) is 6.57. The number of sulfonamides is 1. The fourth-order valence-corrected chi connectivity index (χ4v) is 3.47. The second-order valence-electron chi connectivity index (χ2n) is 7.07. The van der Waals surface area contributed by atoms with Gasteiger partial charge in [0.2, 0.25) is 10.0 Å². The third-order valence-corrected chi connectivity index (χ3v) is 4.98. The number of amides is 1. The lowest BCUT2D eigenvalue weighted by Crippen LogP contribution is -2.59. The van der Waals surface area contributed by atoms with Crippen LogP contribution in [-0.2, 0) is 21.2 Å². The van der Waals surface area contributed by atoms with Crippen molar-refractivity contribution in [2.24, 2.45) is 5.73 Å². The highest BCUT2D eigenvalue weighted by molar-refractivity contribution is 7.89. The van der Waals surface area contributed by atoms with Gasteiger partial charge in [-0.3, -0.25) is 14.4 Å². The van der Waals surface area contributed by atoms with E-state index in [0.29, 0.717) is 13.1 Å². The van der Waals surface area contributed by atoms with E-state index in [9.17, 15) is 28.2 Å². The maximum Gasteiger partial charge on any atom is 0.451 e. The van der Waals surface area contributed by atoms with E-state index in [0.717, 1.165) is 6.26 Å². The van der Waals surface area contributed by atoms with E-state index in [1.807, 2.05) is 0 Å². The normalized spacial score (nSPS) is 15.9. The van der Waals surface area contributed by atoms with E-state index < -0.39 is 52.5 Å². The molecule has 0 aliphatic carbocycles. The summed E-state index contributed by atoms with van der Waals surface area (Å²) in [4.78, 5) is 25.0. The summed E-state index contributed by atoms with van der Waals surface area (Å²) in [5.41, 5.74) is 5.49. The van der Waals surface area contributed by atoms with Crippen LogP contribution in [0.2, 0.25) is 6.32 Å². The van der Waals surface area contributed by atoms with E-state index in [2.05, 4.69) is 0 Å². The lowest BCUT2D eigenvalue weighted by atomic mass is 9.82. The van der Waals surface area contributed by atoms with Crippen LogP contribution in [0.1, 0.15) is 15.9 Å². The quantitative estimate of drug-likeness (QED) is 0.209. The smallest absolute Gasteiger partial charge is 0.451 e. The van der Waals surface area contributed by atoms with Crippen LogP contribution in [0.4, 0.5) is 0 Å². The lowest BCUT2D eigenvalue weighted by molar-refractivity contribution is -0.121. The molecule has 0 radical (unpaired) electrons. The van der Waals surface area contributed by atoms with E-state index in [-0.39, 0.29) is 30.6 Å². The minimum Gasteiger partial charge on any atom is -0.507 e. The monoisotopic (exact) mass is 445 g/mol. The van der Waals surface area contributed by atoms with Crippen molar-refractivity contribution >= 4 is 29.0 Å². The summed E-state index contributed by atoms with van der Waals surface area (Å²) in [6.07, 6.45) is 0.419. The van der Waals surface area contributed by atoms with Crippen LogP contribution in [0, 0.1) is 0 Å². The number of benzene rings is 1. The van der Waals surface area contributed by atoms with Gasteiger partial charge in [-0.1, -0.05) is 6.07 Å². The van der Waals surface area contributed by atoms with Crippen molar-refractivity contribution in [1.29, 1.82) is 0 Å². The Labute approximate surface area is 173 Å². The van der Waals surface area contributed by atoms with Crippen molar-refractivity contribution in [1.82, 2.24) is 9.62 Å². The molecule has 166 valence electrons. The number of aromatic carboxylic acids is 1. The molecule has 30 heavy (non-hydrogen) atoms. The standard InChI is InChI=1S/C16H24BN3O9S/c1-30(27,28)19-15(22)11(18)8-20-6-10(7-20)29-12-3-2-9(4-5-17(25)26)14(21)13(12)16(23)24/h2-3,10-11,21,25-26H,4-8,18H2,1H3,(H,19,22)(H,23,24). The Morgan fingerprint density at radius 3 is 2.53 bits per heavy atom. The Bertz CT molecular complexity index is 903. The lowest BCUT2D eigenvalue weighted by Gasteiger charge is -2.40. The number of hydrogen-bond acceptors (Lipinski definition) is 10. The van der Waals surface area contributed by atoms with Gasteiger partial charge >= 0.3 is 13.1 Å². The number of carbonyl (C=O) groups excluding carboxylic acids is 1. The fourth-order valence-electron chi connectivity index (χ4n) is 2.95. The van der Waals surface area contributed by atoms with E-state index in [1.165, 1.54) is 12.1 Å². The van der Waals surface area contributed by atoms with Gasteiger partial charge in [-0.05, 0) is 24.4 Å². The van der Waals surface area contributed by atoms with Gasteiger partial charge in [0.15, 0.2) is 0 Å². The highest BCUT2D eigenvalue weighted by atomic mass is 32.2. The van der Waals surface area contributed by atoms with Crippen LogP contribution >= 0.6 is 0 Å². The zero-order valence-electron chi connectivity index (χ0n) is 16.2. The number of nitrogens with two attached hydrogens (primary N) is 1. The van der Waals surface area contributed by atoms with Crippen LogP contribution in [0.3, 0.4) is 0 Å². The molecule has 1 aromatic carbocycles. The maximum atomic E-state index is 11.7. The number of rotatable bonds is 10. The molecule has 7 N–H and O–H groups in total. The number of aryl methyl sites for hydroxylation is 1. The highest BCUT2D eigenvalue weighted by Crippen LogP contribution is 2.33. The number of aromatic hydroxyl groups is 1. The summed E-state index contributed by atoms with van der Waals surface area (Å²) >= 11 is 0. The molecule has 1 heterocycles. The summed E-state index contributed by atoms with van der Waals surface area (Å²) in [6, 6.07) is 1.76. The molecule has 0 aromatic heterocycles. The Hall–Kier alpha value is -2.39. The highest BCUT2D eigenvalue weighted by Gasteiger charge is 2.33. The number of carboxylic acid groups (broad SMARTS) is 1. The summed E-state index contributed by atoms with van der Waals surface area (Å²) in [7, 11) is -5.29. The predicted octanol–water partition coefficient (Wildman–Crippen LogP) is -2.43. The molecule has 1 amide bonds. The average Bonchev–Trinajstić information content (AvgIpc) is 2.56. The van der Waals surface area contributed by atoms with E-state index in [1.54, 1.807) is 9.62 Å². The van der Waals surface area contributed by atoms with Crippen molar-refractivity contribution in [2.45, 2.75) is 24.9 Å². The van der Waals surface area contributed by atoms with Gasteiger partial charge in [0.25, 0.3) is 5.91 Å². The fraction of sp³-hybridized carbons (Fsp3) is 0.500. The molecular formula is C16H24BN3O9S. The van der Waals surface area contributed by atoms with Crippen LogP contribution < -0.4 is 15.2 Å². The maximum absolute atomic E-state index is 11.7. The van der Waals surface area contributed by atoms with E-state index in [4.69, 9.17) is 20.5 Å². The number of nitrogens with zero attached hydrogens (tertiary/aromatic N) is 1. The van der Waals surface area contributed by atoms with Crippen LogP contribution in [0.5, 0.6) is 11.5 Å². The average molecular weight is 445 g/mol. The van der Waals surface area contributed by atoms with Gasteiger partial charge in [-0.15, -0.1) is 0 Å². The summed E-state index contributed by atoms with van der Waals surface area (Å²) in [6.45, 7) is 0.719. The first-order valence-corrected chi connectivity index (χ1v) is 10.9. The molecule has 1 fully saturated rings. The molecule has 0 saturated carbocycles. The molecule has 1 saturated heterocycles. The predicted molar refractivity (Wildman–Crippen MR) is 106 cm³/mol. The SMILES string of the molecule is CS(=O)(=O)NC(=O)C(N)CN1CC(Oc2ccc(CCB(O)O)c(O)c2C(=O)O)C1. The molecule has 1 atom stereocenters. The van der Waals surface area contributed by atoms with Crippen LogP contribution in [-0.4, -0.2) is 90.6 Å². The second kappa shape index (κ2) is 9.62. The first-order valence-electron chi connectivity index (χ1n) is 8.98. The molecule has 1 aliphatic heterocycles. The van der Waals surface area contributed by atoms with Gasteiger partial charge in [0.05, 0.1) is 12.3 Å². The van der Waals surface area contributed by atoms with Crippen molar-refractivity contribution in [3.63, 3.8) is 0 Å². The number of hydrogen-bond donors (Lipinski definition) is 6. The van der Waals surface area contributed by atoms with Crippen molar-refractivity contribution in [3.05, 3.63) is 23.3 Å². The van der Waals surface area contributed by atoms with Crippen molar-refractivity contribution < 1.29 is 43.0 Å². The topological polar surface area (TPSA) is 200 Å². The Kier molecular flexibility index (Phi) is 7.66. The number of likely N-dealkylation sites (tertiary alicyclic amines) is 1. The van der Waals surface area contributed by atoms with Gasteiger partial charge in [0, 0.05) is 19.6 Å². The molecule has 0 bridgehead atoms. The zero-order chi connectivity index (χ0) is 22.6. The Balaban J connectivity index is 1.96. The number of carboxylic acids is 1. The number of phenols is 1. The molecule has 1 aliphatic rings. The van der Waals surface area contributed by atoms with Gasteiger partial charge < -0.3 is 30.7 Å². The number of carbonyl (C=O) groups is 2. The molecule has 12 nitrogen and oxygen atoms in total. The van der Waals surface area contributed by atoms with Gasteiger partial charge in [-0.25, -0.2) is 13.2 Å². The number of ether oxygens (including phenoxy) is 1. The molecular weight excluding hydrogens is 421 g/mol. The van der Waals surface area contributed by atoms with Gasteiger partial charge in [-0.2, -0.15) is 0 Å². The minimum absolute atomic E-state index is 0.0444. The minimum atomic E-state index is -3.70. The van der Waals surface area contributed by atoms with Crippen molar-refractivity contribution in [3.8, 4) is 11.5 Å². The van der Waals surface area contributed by atoms with E-state index >= 15 is 0 Å². The summed E-state index contributed by atoms with van der Waals surface area (Å²) < 4.78 is 29.6. The van der Waals surface area contributed by atoms with Crippen molar-refractivity contribution in [2.75, 3.05) is 25.9 Å². The molecule has 1 aromatic rings. The Morgan fingerprint density at radius 1 is 1.37 bits per heavy atom. The number of nitrogens with one attached hydrogen (secondary N) is 1. The zero-order valence-corrected chi connectivity index (χ0v) is 17.0. The molecule has 2 rings (SSSR count). The molecule has 1 unspecified atom stereocenters. The summed E-state index contributed by atoms with van der Waals surface area (Å²) in [5.74, 6) is -2.78. The largest absolute Gasteiger partial charge is 0.507 e. The van der Waals surface area contributed by atoms with Crippen LogP contribution in [0.15, 0.2) is 12.1 Å².